The normalized spacial score (nSPS) is 14.3. The number of halogens is 2. The zero-order chi connectivity index (χ0) is 19.1. The first-order valence-corrected chi connectivity index (χ1v) is 8.63. The van der Waals surface area contributed by atoms with E-state index in [2.05, 4.69) is 5.32 Å². The molecule has 0 radical (unpaired) electrons. The van der Waals surface area contributed by atoms with E-state index in [1.807, 2.05) is 0 Å². The fraction of sp³-hybridized carbons (Fsp3) is 0. The van der Waals surface area contributed by atoms with E-state index >= 15 is 0 Å². The highest BCUT2D eigenvalue weighted by molar-refractivity contribution is 6.38. The number of furan rings is 1. The zero-order valence-electron chi connectivity index (χ0n) is 13.6. The smallest absolute Gasteiger partial charge is 0.256 e. The number of hydrogen-bond acceptors (Lipinski definition) is 4. The van der Waals surface area contributed by atoms with Crippen molar-refractivity contribution in [3.05, 3.63) is 81.2 Å². The summed E-state index contributed by atoms with van der Waals surface area (Å²) in [5.41, 5.74) is 2.48. The van der Waals surface area contributed by atoms with E-state index in [1.165, 1.54) is 18.4 Å². The third-order valence-corrected chi connectivity index (χ3v) is 4.74. The van der Waals surface area contributed by atoms with Crippen LogP contribution >= 0.6 is 23.2 Å². The number of phenols is 1. The van der Waals surface area contributed by atoms with Crippen molar-refractivity contribution in [2.45, 2.75) is 0 Å². The summed E-state index contributed by atoms with van der Waals surface area (Å²) in [6, 6.07) is 11.1. The van der Waals surface area contributed by atoms with Crippen LogP contribution in [0.3, 0.4) is 0 Å². The molecule has 27 heavy (non-hydrogen) atoms. The SMILES string of the molecule is O=C1Nc2ccc(C(=O)c3ccco3)cc2/C1=C\c1cc(Cl)c(O)c(Cl)c1. The molecule has 2 N–H and O–H groups in total. The van der Waals surface area contributed by atoms with Gasteiger partial charge in [-0.15, -0.1) is 0 Å². The Morgan fingerprint density at radius 3 is 2.52 bits per heavy atom. The van der Waals surface area contributed by atoms with Crippen molar-refractivity contribution < 1.29 is 19.1 Å². The van der Waals surface area contributed by atoms with Crippen molar-refractivity contribution in [1.29, 1.82) is 0 Å². The molecule has 0 spiro atoms. The summed E-state index contributed by atoms with van der Waals surface area (Å²) in [5, 5.41) is 12.6. The largest absolute Gasteiger partial charge is 0.505 e. The van der Waals surface area contributed by atoms with Crippen molar-refractivity contribution in [2.75, 3.05) is 5.32 Å². The maximum Gasteiger partial charge on any atom is 0.256 e. The Morgan fingerprint density at radius 1 is 1.11 bits per heavy atom. The van der Waals surface area contributed by atoms with Gasteiger partial charge in [0, 0.05) is 22.4 Å². The summed E-state index contributed by atoms with van der Waals surface area (Å²) < 4.78 is 5.15. The quantitative estimate of drug-likeness (QED) is 0.478. The number of anilines is 1. The molecule has 7 heteroatoms. The molecule has 0 bridgehead atoms. The summed E-state index contributed by atoms with van der Waals surface area (Å²) >= 11 is 11.9. The maximum atomic E-state index is 12.5. The number of phenolic OH excluding ortho intramolecular Hbond substituents is 1. The first kappa shape index (κ1) is 17.4. The van der Waals surface area contributed by atoms with Crippen LogP contribution in [0.1, 0.15) is 27.2 Å². The van der Waals surface area contributed by atoms with E-state index in [9.17, 15) is 14.7 Å². The summed E-state index contributed by atoms with van der Waals surface area (Å²) in [6.07, 6.45) is 3.02. The van der Waals surface area contributed by atoms with Crippen LogP contribution in [-0.4, -0.2) is 16.8 Å². The fourth-order valence-corrected chi connectivity index (χ4v) is 3.36. The number of carbonyl (C=O) groups is 2. The highest BCUT2D eigenvalue weighted by atomic mass is 35.5. The molecule has 3 aromatic rings. The molecular weight excluding hydrogens is 389 g/mol. The first-order chi connectivity index (χ1) is 12.9. The molecule has 1 amide bonds. The molecule has 0 atom stereocenters. The molecule has 134 valence electrons. The van der Waals surface area contributed by atoms with Crippen LogP contribution in [0.5, 0.6) is 5.75 Å². The van der Waals surface area contributed by atoms with Gasteiger partial charge >= 0.3 is 0 Å². The average molecular weight is 400 g/mol. The summed E-state index contributed by atoms with van der Waals surface area (Å²) in [5.74, 6) is -0.594. The second kappa shape index (κ2) is 6.61. The van der Waals surface area contributed by atoms with Gasteiger partial charge in [-0.2, -0.15) is 0 Å². The van der Waals surface area contributed by atoms with Crippen molar-refractivity contribution in [3.63, 3.8) is 0 Å². The molecule has 0 saturated heterocycles. The molecule has 0 unspecified atom stereocenters. The number of aromatic hydroxyl groups is 1. The Balaban J connectivity index is 1.78. The third-order valence-electron chi connectivity index (χ3n) is 4.16. The van der Waals surface area contributed by atoms with Crippen molar-refractivity contribution >= 4 is 52.2 Å². The van der Waals surface area contributed by atoms with E-state index in [0.29, 0.717) is 28.0 Å². The van der Waals surface area contributed by atoms with Gasteiger partial charge in [0.2, 0.25) is 5.78 Å². The summed E-state index contributed by atoms with van der Waals surface area (Å²) in [6.45, 7) is 0. The number of amides is 1. The molecule has 1 aliphatic heterocycles. The van der Waals surface area contributed by atoms with Crippen LogP contribution in [0, 0.1) is 0 Å². The summed E-state index contributed by atoms with van der Waals surface area (Å²) in [7, 11) is 0. The van der Waals surface area contributed by atoms with Crippen molar-refractivity contribution in [1.82, 2.24) is 0 Å². The number of fused-ring (bicyclic) bond motifs is 1. The predicted octanol–water partition coefficient (Wildman–Crippen LogP) is 5.02. The molecule has 1 aromatic heterocycles. The van der Waals surface area contributed by atoms with Crippen LogP contribution in [-0.2, 0) is 4.79 Å². The Hall–Kier alpha value is -3.02. The van der Waals surface area contributed by atoms with E-state index in [-0.39, 0.29) is 33.2 Å². The van der Waals surface area contributed by atoms with Crippen LogP contribution in [0.15, 0.2) is 53.1 Å². The molecule has 2 heterocycles. The van der Waals surface area contributed by atoms with Crippen molar-refractivity contribution in [3.8, 4) is 5.75 Å². The third kappa shape index (κ3) is 3.12. The minimum Gasteiger partial charge on any atom is -0.505 e. The lowest BCUT2D eigenvalue weighted by molar-refractivity contribution is -0.110. The average Bonchev–Trinajstić information content (AvgIpc) is 3.27. The van der Waals surface area contributed by atoms with Crippen molar-refractivity contribution in [2.24, 2.45) is 0 Å². The number of nitrogens with one attached hydrogen (secondary N) is 1. The number of rotatable bonds is 3. The van der Waals surface area contributed by atoms with Crippen LogP contribution in [0.4, 0.5) is 5.69 Å². The maximum absolute atomic E-state index is 12.5. The molecular formula is C20H11Cl2NO4. The summed E-state index contributed by atoms with van der Waals surface area (Å²) in [4.78, 5) is 24.9. The Kier molecular flexibility index (Phi) is 4.26. The topological polar surface area (TPSA) is 79.5 Å². The molecule has 1 aliphatic rings. The lowest BCUT2D eigenvalue weighted by atomic mass is 9.99. The second-order valence-electron chi connectivity index (χ2n) is 5.91. The van der Waals surface area contributed by atoms with Gasteiger partial charge in [0.1, 0.15) is 0 Å². The van der Waals surface area contributed by atoms with Gasteiger partial charge in [-0.1, -0.05) is 23.2 Å². The van der Waals surface area contributed by atoms with Crippen LogP contribution in [0.2, 0.25) is 10.0 Å². The van der Waals surface area contributed by atoms with Gasteiger partial charge in [-0.25, -0.2) is 0 Å². The second-order valence-corrected chi connectivity index (χ2v) is 6.73. The van der Waals surface area contributed by atoms with E-state index in [1.54, 1.807) is 36.4 Å². The van der Waals surface area contributed by atoms with Gasteiger partial charge in [0.05, 0.1) is 16.3 Å². The monoisotopic (exact) mass is 399 g/mol. The highest BCUT2D eigenvalue weighted by Gasteiger charge is 2.26. The molecule has 5 nitrogen and oxygen atoms in total. The van der Waals surface area contributed by atoms with Crippen LogP contribution < -0.4 is 5.32 Å². The molecule has 2 aromatic carbocycles. The van der Waals surface area contributed by atoms with Gasteiger partial charge in [-0.3, -0.25) is 9.59 Å². The number of ketones is 1. The highest BCUT2D eigenvalue weighted by Crippen LogP contribution is 2.37. The molecule has 0 aliphatic carbocycles. The number of carbonyl (C=O) groups excluding carboxylic acids is 2. The predicted molar refractivity (Wildman–Crippen MR) is 103 cm³/mol. The lowest BCUT2D eigenvalue weighted by Gasteiger charge is -2.04. The zero-order valence-corrected chi connectivity index (χ0v) is 15.1. The van der Waals surface area contributed by atoms with Crippen LogP contribution in [0.25, 0.3) is 11.6 Å². The van der Waals surface area contributed by atoms with E-state index in [4.69, 9.17) is 27.6 Å². The molecule has 4 rings (SSSR count). The number of hydrogen-bond donors (Lipinski definition) is 2. The van der Waals surface area contributed by atoms with Gasteiger partial charge in [0.15, 0.2) is 11.5 Å². The Morgan fingerprint density at radius 2 is 1.85 bits per heavy atom. The van der Waals surface area contributed by atoms with E-state index < -0.39 is 0 Å². The Bertz CT molecular complexity index is 1090. The van der Waals surface area contributed by atoms with Gasteiger partial charge in [0.25, 0.3) is 5.91 Å². The molecule has 0 saturated carbocycles. The Labute approximate surface area is 163 Å². The first-order valence-electron chi connectivity index (χ1n) is 7.88. The number of benzene rings is 2. The molecule has 0 fully saturated rings. The van der Waals surface area contributed by atoms with E-state index in [0.717, 1.165) is 0 Å². The van der Waals surface area contributed by atoms with Gasteiger partial charge in [-0.05, 0) is 54.1 Å². The lowest BCUT2D eigenvalue weighted by Crippen LogP contribution is -2.03. The standard InChI is InChI=1S/C20H11Cl2NO4/c21-14-7-10(8-15(22)19(14)25)6-13-12-9-11(3-4-16(12)23-20(13)26)18(24)17-2-1-5-27-17/h1-9,25H,(H,23,26)/b13-6+. The van der Waals surface area contributed by atoms with Gasteiger partial charge < -0.3 is 14.8 Å². The minimum absolute atomic E-state index is 0.0785. The fourth-order valence-electron chi connectivity index (χ4n) is 2.86. The minimum atomic E-state index is -0.312.